The lowest BCUT2D eigenvalue weighted by molar-refractivity contribution is 0.0224. The maximum Gasteiger partial charge on any atom is 0.419 e. The molecule has 1 spiro atoms. The zero-order valence-corrected chi connectivity index (χ0v) is 24.8. The molecule has 0 saturated heterocycles. The average molecular weight is 630 g/mol. The van der Waals surface area contributed by atoms with E-state index in [9.17, 15) is 24.6 Å². The van der Waals surface area contributed by atoms with Crippen molar-refractivity contribution in [2.24, 2.45) is 0 Å². The molecule has 2 N–H and O–H groups in total. The normalized spacial score (nSPS) is 13.4. The van der Waals surface area contributed by atoms with Crippen LogP contribution in [0.5, 0.6) is 23.0 Å². The first kappa shape index (κ1) is 29.4. The molecule has 47 heavy (non-hydrogen) atoms. The Hall–Kier alpha value is -6.29. The molecular formula is C37H27NO9. The van der Waals surface area contributed by atoms with Gasteiger partial charge in [0.2, 0.25) is 0 Å². The van der Waals surface area contributed by atoms with Gasteiger partial charge in [0.25, 0.3) is 0 Å². The Kier molecular flexibility index (Phi) is 7.45. The molecule has 0 fully saturated rings. The second-order valence-corrected chi connectivity index (χ2v) is 11.1. The van der Waals surface area contributed by atoms with Crippen molar-refractivity contribution in [3.8, 4) is 23.0 Å². The fourth-order valence-electron chi connectivity index (χ4n) is 5.83. The first-order valence-electron chi connectivity index (χ1n) is 14.7. The first-order valence-corrected chi connectivity index (χ1v) is 14.7. The first-order chi connectivity index (χ1) is 22.8. The molecule has 2 aliphatic rings. The summed E-state index contributed by atoms with van der Waals surface area (Å²) in [5.74, 6) is -0.254. The number of fused-ring (bicyclic) bond motifs is 6. The van der Waals surface area contributed by atoms with Crippen LogP contribution < -0.4 is 4.74 Å². The Bertz CT molecular complexity index is 1900. The van der Waals surface area contributed by atoms with E-state index in [1.807, 2.05) is 36.4 Å². The van der Waals surface area contributed by atoms with Crippen molar-refractivity contribution in [2.45, 2.75) is 25.4 Å². The highest BCUT2D eigenvalue weighted by atomic mass is 16.6. The molecule has 7 rings (SSSR count). The van der Waals surface area contributed by atoms with Crippen LogP contribution in [-0.4, -0.2) is 33.3 Å². The Morgan fingerprint density at radius 2 is 1.15 bits per heavy atom. The standard InChI is InChI=1S/C37H27NO9/c39-26-12-15-30-32(18-26)46-33-19-27(40)13-16-31(33)37(30)29-14-11-25(17-28(29)34(41)47-37)20-38(35(42)44-21-23-7-3-1-4-8-23)36(43)45-22-24-9-5-2-6-10-24/h1-19,39-40H,20-22H2. The second-order valence-electron chi connectivity index (χ2n) is 11.1. The van der Waals surface area contributed by atoms with E-state index < -0.39 is 23.8 Å². The van der Waals surface area contributed by atoms with Crippen molar-refractivity contribution in [3.05, 3.63) is 154 Å². The molecule has 2 heterocycles. The summed E-state index contributed by atoms with van der Waals surface area (Å²) in [6.45, 7) is -0.382. The van der Waals surface area contributed by atoms with Crippen molar-refractivity contribution in [1.29, 1.82) is 0 Å². The summed E-state index contributed by atoms with van der Waals surface area (Å²) in [4.78, 5) is 41.0. The van der Waals surface area contributed by atoms with E-state index in [1.165, 1.54) is 24.3 Å². The molecular weight excluding hydrogens is 602 g/mol. The Morgan fingerprint density at radius 1 is 0.638 bits per heavy atom. The van der Waals surface area contributed by atoms with Crippen LogP contribution in [0.1, 0.15) is 43.7 Å². The largest absolute Gasteiger partial charge is 0.508 e. The Balaban J connectivity index is 1.22. The quantitative estimate of drug-likeness (QED) is 0.149. The third kappa shape index (κ3) is 5.46. The minimum atomic E-state index is -1.45. The van der Waals surface area contributed by atoms with Crippen LogP contribution >= 0.6 is 0 Å². The highest BCUT2D eigenvalue weighted by Crippen LogP contribution is 2.57. The van der Waals surface area contributed by atoms with Gasteiger partial charge >= 0.3 is 18.2 Å². The van der Waals surface area contributed by atoms with Crippen LogP contribution in [0.3, 0.4) is 0 Å². The molecule has 0 radical (unpaired) electrons. The minimum Gasteiger partial charge on any atom is -0.508 e. The number of hydrogen-bond acceptors (Lipinski definition) is 9. The highest BCUT2D eigenvalue weighted by molar-refractivity contribution is 5.97. The molecule has 2 aliphatic heterocycles. The van der Waals surface area contributed by atoms with Gasteiger partial charge in [0, 0.05) is 28.8 Å². The molecule has 0 unspecified atom stereocenters. The number of ether oxygens (including phenoxy) is 4. The van der Waals surface area contributed by atoms with E-state index in [4.69, 9.17) is 18.9 Å². The number of phenolic OH excluding ortho intramolecular Hbond substituents is 2. The SMILES string of the molecule is O=C1OC2(c3ccc(O)cc3Oc3cc(O)ccc32)c2ccc(CN(C(=O)OCc3ccccc3)C(=O)OCc3ccccc3)cc21. The monoisotopic (exact) mass is 629 g/mol. The molecule has 10 nitrogen and oxygen atoms in total. The fourth-order valence-corrected chi connectivity index (χ4v) is 5.83. The number of phenols is 2. The van der Waals surface area contributed by atoms with Crippen LogP contribution in [0.2, 0.25) is 0 Å². The molecule has 0 saturated carbocycles. The van der Waals surface area contributed by atoms with Gasteiger partial charge in [0.1, 0.15) is 36.2 Å². The van der Waals surface area contributed by atoms with Gasteiger partial charge in [0.15, 0.2) is 5.60 Å². The van der Waals surface area contributed by atoms with E-state index in [0.29, 0.717) is 22.3 Å². The maximum atomic E-state index is 13.6. The summed E-state index contributed by atoms with van der Waals surface area (Å²) < 4.78 is 23.1. The maximum absolute atomic E-state index is 13.6. The van der Waals surface area contributed by atoms with Crippen molar-refractivity contribution >= 4 is 18.2 Å². The summed E-state index contributed by atoms with van der Waals surface area (Å²) in [6.07, 6.45) is -1.84. The van der Waals surface area contributed by atoms with Crippen LogP contribution in [0.25, 0.3) is 0 Å². The summed E-state index contributed by atoms with van der Waals surface area (Å²) in [5.41, 5.74) is 2.11. The van der Waals surface area contributed by atoms with Gasteiger partial charge in [-0.3, -0.25) is 0 Å². The molecule has 0 aliphatic carbocycles. The number of nitrogens with zero attached hydrogens (tertiary/aromatic N) is 1. The average Bonchev–Trinajstić information content (AvgIpc) is 3.37. The second kappa shape index (κ2) is 11.9. The lowest BCUT2D eigenvalue weighted by Crippen LogP contribution is -2.37. The molecule has 10 heteroatoms. The summed E-state index contributed by atoms with van der Waals surface area (Å²) in [6, 6.07) is 32.0. The lowest BCUT2D eigenvalue weighted by atomic mass is 9.77. The molecule has 5 aromatic carbocycles. The van der Waals surface area contributed by atoms with Crippen LogP contribution in [0.15, 0.2) is 115 Å². The number of benzene rings is 5. The number of esters is 1. The number of amides is 2. The summed E-state index contributed by atoms with van der Waals surface area (Å²) in [7, 11) is 0. The zero-order valence-electron chi connectivity index (χ0n) is 24.8. The third-order valence-corrected chi connectivity index (χ3v) is 8.03. The van der Waals surface area contributed by atoms with Gasteiger partial charge in [-0.1, -0.05) is 72.8 Å². The van der Waals surface area contributed by atoms with Crippen LogP contribution in [0, 0.1) is 0 Å². The third-order valence-electron chi connectivity index (χ3n) is 8.03. The number of imide groups is 1. The molecule has 234 valence electrons. The number of carbonyl (C=O) groups is 3. The summed E-state index contributed by atoms with van der Waals surface area (Å²) >= 11 is 0. The van der Waals surface area contributed by atoms with E-state index in [1.54, 1.807) is 54.6 Å². The predicted octanol–water partition coefficient (Wildman–Crippen LogP) is 7.14. The molecule has 2 amide bonds. The predicted molar refractivity (Wildman–Crippen MR) is 167 cm³/mol. The number of carbonyl (C=O) groups excluding carboxylic acids is 3. The fraction of sp³-hybridized carbons (Fsp3) is 0.108. The molecule has 0 bridgehead atoms. The topological polar surface area (TPSA) is 132 Å². The zero-order chi connectivity index (χ0) is 32.5. The molecule has 0 atom stereocenters. The van der Waals surface area contributed by atoms with Gasteiger partial charge in [-0.05, 0) is 47.0 Å². The number of rotatable bonds is 6. The smallest absolute Gasteiger partial charge is 0.419 e. The Morgan fingerprint density at radius 3 is 1.68 bits per heavy atom. The van der Waals surface area contributed by atoms with Crippen molar-refractivity contribution < 1.29 is 43.5 Å². The van der Waals surface area contributed by atoms with Gasteiger partial charge < -0.3 is 29.2 Å². The number of hydrogen-bond donors (Lipinski definition) is 2. The van der Waals surface area contributed by atoms with Gasteiger partial charge in [-0.15, -0.1) is 0 Å². The number of aromatic hydroxyl groups is 2. The van der Waals surface area contributed by atoms with Crippen molar-refractivity contribution in [1.82, 2.24) is 4.90 Å². The van der Waals surface area contributed by atoms with E-state index >= 15 is 0 Å². The summed E-state index contributed by atoms with van der Waals surface area (Å²) in [5, 5.41) is 20.3. The van der Waals surface area contributed by atoms with Gasteiger partial charge in [-0.2, -0.15) is 0 Å². The molecule has 5 aromatic rings. The van der Waals surface area contributed by atoms with E-state index in [-0.39, 0.29) is 48.3 Å². The van der Waals surface area contributed by atoms with Crippen LogP contribution in [-0.2, 0) is 39.6 Å². The lowest BCUT2D eigenvalue weighted by Gasteiger charge is -2.36. The van der Waals surface area contributed by atoms with Crippen LogP contribution in [0.4, 0.5) is 9.59 Å². The van der Waals surface area contributed by atoms with E-state index in [2.05, 4.69) is 0 Å². The highest BCUT2D eigenvalue weighted by Gasteiger charge is 2.53. The van der Waals surface area contributed by atoms with E-state index in [0.717, 1.165) is 16.0 Å². The minimum absolute atomic E-state index is 0.0548. The van der Waals surface area contributed by atoms with Crippen molar-refractivity contribution in [3.63, 3.8) is 0 Å². The van der Waals surface area contributed by atoms with Gasteiger partial charge in [0.05, 0.1) is 12.1 Å². The van der Waals surface area contributed by atoms with Crippen molar-refractivity contribution in [2.75, 3.05) is 0 Å². The van der Waals surface area contributed by atoms with Gasteiger partial charge in [-0.25, -0.2) is 19.3 Å². The molecule has 0 aromatic heterocycles. The Labute approximate surface area is 268 Å².